The molecule has 0 radical (unpaired) electrons. The Morgan fingerprint density at radius 2 is 2.25 bits per heavy atom. The standard InChI is InChI=1S/C6H12S2/c1-4-7-5-8-6(2)3/h4,6H,1,5H2,2-3H3. The zero-order valence-corrected chi connectivity index (χ0v) is 7.02. The van der Waals surface area contributed by atoms with Crippen LogP contribution in [0.2, 0.25) is 0 Å². The second kappa shape index (κ2) is 5.57. The van der Waals surface area contributed by atoms with E-state index in [0.717, 1.165) is 10.3 Å². The van der Waals surface area contributed by atoms with Gasteiger partial charge in [-0.2, -0.15) is 0 Å². The molecule has 0 aromatic rings. The van der Waals surface area contributed by atoms with Crippen molar-refractivity contribution in [2.45, 2.75) is 19.1 Å². The van der Waals surface area contributed by atoms with Crippen LogP contribution in [-0.4, -0.2) is 10.3 Å². The fourth-order valence-electron chi connectivity index (χ4n) is 0.223. The van der Waals surface area contributed by atoms with Crippen LogP contribution >= 0.6 is 23.5 Å². The summed E-state index contributed by atoms with van der Waals surface area (Å²) in [5.74, 6) is 0. The third kappa shape index (κ3) is 6.44. The van der Waals surface area contributed by atoms with Gasteiger partial charge in [0, 0.05) is 5.08 Å². The van der Waals surface area contributed by atoms with Crippen molar-refractivity contribution in [3.05, 3.63) is 12.0 Å². The molecule has 0 aromatic carbocycles. The van der Waals surface area contributed by atoms with Gasteiger partial charge in [-0.1, -0.05) is 20.4 Å². The van der Waals surface area contributed by atoms with Crippen LogP contribution in [-0.2, 0) is 0 Å². The quantitative estimate of drug-likeness (QED) is 0.444. The molecule has 8 heavy (non-hydrogen) atoms. The molecule has 0 N–H and O–H groups in total. The molecule has 0 fully saturated rings. The number of thioether (sulfide) groups is 2. The Kier molecular flexibility index (Phi) is 5.88. The summed E-state index contributed by atoms with van der Waals surface area (Å²) in [6, 6.07) is 0. The lowest BCUT2D eigenvalue weighted by molar-refractivity contribution is 1.12. The van der Waals surface area contributed by atoms with Gasteiger partial charge in [0.25, 0.3) is 0 Å². The Morgan fingerprint density at radius 1 is 1.62 bits per heavy atom. The monoisotopic (exact) mass is 148 g/mol. The summed E-state index contributed by atoms with van der Waals surface area (Å²) >= 11 is 3.71. The molecule has 0 spiro atoms. The van der Waals surface area contributed by atoms with E-state index in [-0.39, 0.29) is 0 Å². The van der Waals surface area contributed by atoms with Crippen LogP contribution in [0, 0.1) is 0 Å². The van der Waals surface area contributed by atoms with Crippen LogP contribution in [0.5, 0.6) is 0 Å². The lowest BCUT2D eigenvalue weighted by atomic mass is 10.6. The van der Waals surface area contributed by atoms with Gasteiger partial charge in [-0.05, 0) is 10.7 Å². The van der Waals surface area contributed by atoms with Crippen molar-refractivity contribution in [1.82, 2.24) is 0 Å². The molecule has 0 aliphatic rings. The SMILES string of the molecule is C=CSCSC(C)C. The highest BCUT2D eigenvalue weighted by Gasteiger charge is 1.89. The third-order valence-electron chi connectivity index (χ3n) is 0.587. The van der Waals surface area contributed by atoms with Crippen LogP contribution in [0.15, 0.2) is 12.0 Å². The summed E-state index contributed by atoms with van der Waals surface area (Å²) in [6.45, 7) is 8.01. The Balaban J connectivity index is 2.81. The summed E-state index contributed by atoms with van der Waals surface area (Å²) in [5.41, 5.74) is 0. The number of hydrogen-bond acceptors (Lipinski definition) is 2. The molecular formula is C6H12S2. The fraction of sp³-hybridized carbons (Fsp3) is 0.667. The molecule has 0 aromatic heterocycles. The van der Waals surface area contributed by atoms with E-state index in [0.29, 0.717) is 0 Å². The van der Waals surface area contributed by atoms with Crippen LogP contribution < -0.4 is 0 Å². The van der Waals surface area contributed by atoms with E-state index in [9.17, 15) is 0 Å². The van der Waals surface area contributed by atoms with Gasteiger partial charge in [-0.3, -0.25) is 0 Å². The fourth-order valence-corrected chi connectivity index (χ4v) is 2.01. The molecule has 0 heterocycles. The van der Waals surface area contributed by atoms with Crippen molar-refractivity contribution in [2.75, 3.05) is 5.08 Å². The molecule has 0 amide bonds. The van der Waals surface area contributed by atoms with Crippen LogP contribution in [0.1, 0.15) is 13.8 Å². The summed E-state index contributed by atoms with van der Waals surface area (Å²) in [5, 5.41) is 3.78. The smallest absolute Gasteiger partial charge is 0.0435 e. The number of rotatable bonds is 4. The van der Waals surface area contributed by atoms with E-state index in [1.165, 1.54) is 0 Å². The topological polar surface area (TPSA) is 0 Å². The Bertz CT molecular complexity index is 59.5. The third-order valence-corrected chi connectivity index (χ3v) is 2.58. The summed E-state index contributed by atoms with van der Waals surface area (Å²) in [7, 11) is 0. The maximum Gasteiger partial charge on any atom is 0.0435 e. The van der Waals surface area contributed by atoms with Crippen molar-refractivity contribution in [1.29, 1.82) is 0 Å². The Labute approximate surface area is 60.1 Å². The second-order valence-electron chi connectivity index (χ2n) is 1.67. The molecule has 0 aliphatic heterocycles. The lowest BCUT2D eigenvalue weighted by Crippen LogP contribution is -1.84. The van der Waals surface area contributed by atoms with Crippen molar-refractivity contribution >= 4 is 23.5 Å². The molecule has 0 saturated heterocycles. The second-order valence-corrected chi connectivity index (χ2v) is 4.55. The first kappa shape index (κ1) is 8.44. The van der Waals surface area contributed by atoms with Gasteiger partial charge in [0.05, 0.1) is 0 Å². The molecule has 0 bridgehead atoms. The summed E-state index contributed by atoms with van der Waals surface area (Å²) in [6.07, 6.45) is 0. The van der Waals surface area contributed by atoms with Gasteiger partial charge in [-0.25, -0.2) is 0 Å². The maximum atomic E-state index is 3.61. The normalized spacial score (nSPS) is 9.88. The van der Waals surface area contributed by atoms with Crippen LogP contribution in [0.3, 0.4) is 0 Å². The maximum absolute atomic E-state index is 3.61. The minimum absolute atomic E-state index is 0.752. The van der Waals surface area contributed by atoms with Crippen molar-refractivity contribution in [3.63, 3.8) is 0 Å². The zero-order valence-electron chi connectivity index (χ0n) is 5.39. The van der Waals surface area contributed by atoms with E-state index in [1.54, 1.807) is 11.8 Å². The van der Waals surface area contributed by atoms with Crippen molar-refractivity contribution in [3.8, 4) is 0 Å². The molecule has 0 rings (SSSR count). The minimum atomic E-state index is 0.752. The van der Waals surface area contributed by atoms with Gasteiger partial charge < -0.3 is 0 Å². The van der Waals surface area contributed by atoms with Crippen LogP contribution in [0.4, 0.5) is 0 Å². The van der Waals surface area contributed by atoms with E-state index in [1.807, 2.05) is 17.2 Å². The zero-order chi connectivity index (χ0) is 6.41. The molecular weight excluding hydrogens is 136 g/mol. The average molecular weight is 148 g/mol. The molecule has 0 saturated carbocycles. The van der Waals surface area contributed by atoms with E-state index in [4.69, 9.17) is 0 Å². The van der Waals surface area contributed by atoms with Gasteiger partial charge in [0.15, 0.2) is 0 Å². The van der Waals surface area contributed by atoms with Gasteiger partial charge >= 0.3 is 0 Å². The van der Waals surface area contributed by atoms with E-state index in [2.05, 4.69) is 20.4 Å². The highest BCUT2D eigenvalue weighted by Crippen LogP contribution is 2.16. The highest BCUT2D eigenvalue weighted by molar-refractivity contribution is 8.17. The first-order valence-electron chi connectivity index (χ1n) is 2.61. The summed E-state index contributed by atoms with van der Waals surface area (Å²) < 4.78 is 0. The molecule has 0 unspecified atom stereocenters. The average Bonchev–Trinajstić information content (AvgIpc) is 1.66. The molecule has 2 heteroatoms. The highest BCUT2D eigenvalue weighted by atomic mass is 32.2. The van der Waals surface area contributed by atoms with Crippen molar-refractivity contribution in [2.24, 2.45) is 0 Å². The van der Waals surface area contributed by atoms with Crippen molar-refractivity contribution < 1.29 is 0 Å². The predicted octanol–water partition coefficient (Wildman–Crippen LogP) is 2.96. The van der Waals surface area contributed by atoms with Gasteiger partial charge in [0.2, 0.25) is 0 Å². The molecule has 0 nitrogen and oxygen atoms in total. The van der Waals surface area contributed by atoms with E-state index >= 15 is 0 Å². The number of hydrogen-bond donors (Lipinski definition) is 0. The Hall–Kier alpha value is 0.440. The lowest BCUT2D eigenvalue weighted by Gasteiger charge is -1.99. The summed E-state index contributed by atoms with van der Waals surface area (Å²) in [4.78, 5) is 0. The van der Waals surface area contributed by atoms with E-state index < -0.39 is 0 Å². The van der Waals surface area contributed by atoms with Gasteiger partial charge in [0.1, 0.15) is 0 Å². The predicted molar refractivity (Wildman–Crippen MR) is 45.4 cm³/mol. The minimum Gasteiger partial charge on any atom is -0.148 e. The van der Waals surface area contributed by atoms with Gasteiger partial charge in [-0.15, -0.1) is 23.5 Å². The first-order valence-corrected chi connectivity index (χ1v) is 4.71. The molecule has 48 valence electrons. The largest absolute Gasteiger partial charge is 0.148 e. The van der Waals surface area contributed by atoms with Crippen LogP contribution in [0.25, 0.3) is 0 Å². The molecule has 0 aliphatic carbocycles. The first-order chi connectivity index (χ1) is 3.77. The Morgan fingerprint density at radius 3 is 2.62 bits per heavy atom. The molecule has 0 atom stereocenters.